The minimum Gasteiger partial charge on any atom is -0.452 e. The Labute approximate surface area is 235 Å². The third kappa shape index (κ3) is 5.15. The molecule has 0 atom stereocenters. The molecule has 1 fully saturated rings. The van der Waals surface area contributed by atoms with Crippen LogP contribution in [0.3, 0.4) is 0 Å². The van der Waals surface area contributed by atoms with E-state index in [2.05, 4.69) is 5.32 Å². The van der Waals surface area contributed by atoms with Gasteiger partial charge in [-0.1, -0.05) is 30.2 Å². The molecular weight excluding hydrogens is 580 g/mol. The Morgan fingerprint density at radius 3 is 2.38 bits per heavy atom. The van der Waals surface area contributed by atoms with E-state index in [4.69, 9.17) is 16.3 Å². The summed E-state index contributed by atoms with van der Waals surface area (Å²) in [5.74, 6) is -2.27. The first kappa shape index (κ1) is 28.0. The van der Waals surface area contributed by atoms with Crippen LogP contribution in [-0.4, -0.2) is 58.5 Å². The third-order valence-electron chi connectivity index (χ3n) is 6.67. The van der Waals surface area contributed by atoms with Crippen molar-refractivity contribution in [3.05, 3.63) is 82.4 Å². The summed E-state index contributed by atoms with van der Waals surface area (Å²) in [6.45, 7) is 0.0599. The van der Waals surface area contributed by atoms with Crippen LogP contribution in [0.5, 0.6) is 0 Å². The maximum Gasteiger partial charge on any atom is 0.338 e. The molecule has 13 heteroatoms. The molecule has 0 saturated carbocycles. The van der Waals surface area contributed by atoms with E-state index < -0.39 is 44.1 Å². The molecule has 0 radical (unpaired) electrons. The molecular formula is C27H23ClN2O8S2. The van der Waals surface area contributed by atoms with E-state index in [1.54, 1.807) is 6.07 Å². The van der Waals surface area contributed by atoms with Gasteiger partial charge in [0, 0.05) is 24.2 Å². The fraction of sp³-hybridized carbons (Fsp3) is 0.222. The fourth-order valence-electron chi connectivity index (χ4n) is 4.63. The highest BCUT2D eigenvalue weighted by Gasteiger charge is 2.35. The number of halogens is 1. The molecule has 0 bridgehead atoms. The number of hydrogen-bond acceptors (Lipinski definition) is 8. The summed E-state index contributed by atoms with van der Waals surface area (Å²) in [5.41, 5.74) is -0.164. The SMILES string of the molecule is O=C(COC(=O)c1ccc2c(c1)S(=O)(=O)c1ccccc1C2=O)Nc1cc(S(=O)(=O)N2CCCCC2)ccc1Cl. The number of sulfone groups is 1. The van der Waals surface area contributed by atoms with Crippen LogP contribution < -0.4 is 5.32 Å². The number of nitrogens with zero attached hydrogens (tertiary/aromatic N) is 1. The number of anilines is 1. The molecule has 2 aliphatic rings. The average Bonchev–Trinajstić information content (AvgIpc) is 2.96. The highest BCUT2D eigenvalue weighted by atomic mass is 35.5. The van der Waals surface area contributed by atoms with Gasteiger partial charge in [0.25, 0.3) is 5.91 Å². The number of carbonyl (C=O) groups is 3. The molecule has 1 N–H and O–H groups in total. The first-order valence-electron chi connectivity index (χ1n) is 12.3. The van der Waals surface area contributed by atoms with E-state index in [0.717, 1.165) is 25.3 Å². The van der Waals surface area contributed by atoms with Crippen molar-refractivity contribution in [2.75, 3.05) is 25.0 Å². The van der Waals surface area contributed by atoms with Crippen molar-refractivity contribution >= 4 is 54.8 Å². The molecule has 0 aromatic heterocycles. The highest BCUT2D eigenvalue weighted by molar-refractivity contribution is 7.91. The maximum atomic E-state index is 13.1. The summed E-state index contributed by atoms with van der Waals surface area (Å²) < 4.78 is 58.6. The zero-order valence-corrected chi connectivity index (χ0v) is 23.3. The van der Waals surface area contributed by atoms with E-state index in [1.165, 1.54) is 52.8 Å². The van der Waals surface area contributed by atoms with E-state index in [1.807, 2.05) is 0 Å². The van der Waals surface area contributed by atoms with Crippen LogP contribution >= 0.6 is 11.6 Å². The van der Waals surface area contributed by atoms with Crippen LogP contribution in [0.25, 0.3) is 0 Å². The van der Waals surface area contributed by atoms with E-state index in [9.17, 15) is 31.2 Å². The predicted molar refractivity (Wildman–Crippen MR) is 145 cm³/mol. The Morgan fingerprint density at radius 2 is 1.62 bits per heavy atom. The molecule has 2 heterocycles. The summed E-state index contributed by atoms with van der Waals surface area (Å²) in [4.78, 5) is 37.5. The highest BCUT2D eigenvalue weighted by Crippen LogP contribution is 2.35. The second-order valence-corrected chi connectivity index (χ2v) is 13.5. The molecule has 10 nitrogen and oxygen atoms in total. The first-order chi connectivity index (χ1) is 19.0. The number of sulfonamides is 1. The number of ether oxygens (including phenoxy) is 1. The third-order valence-corrected chi connectivity index (χ3v) is 10.7. The maximum absolute atomic E-state index is 13.1. The zero-order valence-electron chi connectivity index (χ0n) is 20.9. The molecule has 1 saturated heterocycles. The van der Waals surface area contributed by atoms with Crippen LogP contribution in [0, 0.1) is 0 Å². The van der Waals surface area contributed by atoms with Gasteiger partial charge in [0.15, 0.2) is 12.4 Å². The van der Waals surface area contributed by atoms with Crippen molar-refractivity contribution in [3.8, 4) is 0 Å². The summed E-state index contributed by atoms with van der Waals surface area (Å²) >= 11 is 6.16. The van der Waals surface area contributed by atoms with E-state index in [0.29, 0.717) is 13.1 Å². The Balaban J connectivity index is 1.28. The lowest BCUT2D eigenvalue weighted by molar-refractivity contribution is -0.119. The van der Waals surface area contributed by atoms with E-state index in [-0.39, 0.29) is 42.1 Å². The molecule has 0 spiro atoms. The number of fused-ring (bicyclic) bond motifs is 2. The number of rotatable bonds is 6. The lowest BCUT2D eigenvalue weighted by Crippen LogP contribution is -2.35. The Hall–Kier alpha value is -3.58. The van der Waals surface area contributed by atoms with Gasteiger partial charge < -0.3 is 10.1 Å². The number of benzene rings is 3. The monoisotopic (exact) mass is 602 g/mol. The van der Waals surface area contributed by atoms with Gasteiger partial charge >= 0.3 is 5.97 Å². The minimum absolute atomic E-state index is 0.0258. The number of carbonyl (C=O) groups excluding carboxylic acids is 3. The van der Waals surface area contributed by atoms with Crippen molar-refractivity contribution in [1.82, 2.24) is 4.31 Å². The van der Waals surface area contributed by atoms with Crippen molar-refractivity contribution in [3.63, 3.8) is 0 Å². The minimum atomic E-state index is -4.07. The van der Waals surface area contributed by atoms with Gasteiger partial charge in [0.1, 0.15) is 0 Å². The molecule has 1 amide bonds. The summed E-state index contributed by atoms with van der Waals surface area (Å²) in [5, 5.41) is 2.53. The fourth-order valence-corrected chi connectivity index (χ4v) is 8.01. The van der Waals surface area contributed by atoms with Gasteiger partial charge in [-0.2, -0.15) is 4.31 Å². The standard InChI is InChI=1S/C27H23ClN2O8S2/c28-21-11-9-18(40(36,37)30-12-4-1-5-13-30)15-22(21)29-25(31)16-38-27(33)17-8-10-20-24(14-17)39(34,35)23-7-3-2-6-19(23)26(20)32/h2-3,6-11,14-15H,1,4-5,12-13,16H2,(H,29,31). The quantitative estimate of drug-likeness (QED) is 0.329. The number of amides is 1. The molecule has 2 aliphatic heterocycles. The van der Waals surface area contributed by atoms with Gasteiger partial charge in [0.05, 0.1) is 31.0 Å². The molecule has 208 valence electrons. The first-order valence-corrected chi connectivity index (χ1v) is 15.6. The van der Waals surface area contributed by atoms with Gasteiger partial charge in [-0.15, -0.1) is 0 Å². The van der Waals surface area contributed by atoms with Crippen molar-refractivity contribution in [2.45, 2.75) is 33.9 Å². The Bertz CT molecular complexity index is 1760. The Kier molecular flexibility index (Phi) is 7.53. The summed E-state index contributed by atoms with van der Waals surface area (Å²) in [6, 6.07) is 13.3. The number of esters is 1. The lowest BCUT2D eigenvalue weighted by atomic mass is 10.0. The van der Waals surface area contributed by atoms with Crippen molar-refractivity contribution in [1.29, 1.82) is 0 Å². The van der Waals surface area contributed by atoms with E-state index >= 15 is 0 Å². The second kappa shape index (κ2) is 10.8. The number of hydrogen-bond donors (Lipinski definition) is 1. The topological polar surface area (TPSA) is 144 Å². The van der Waals surface area contributed by atoms with Crippen molar-refractivity contribution < 1.29 is 36.0 Å². The largest absolute Gasteiger partial charge is 0.452 e. The molecule has 3 aromatic carbocycles. The van der Waals surface area contributed by atoms with Crippen molar-refractivity contribution in [2.24, 2.45) is 0 Å². The normalized spacial score (nSPS) is 16.5. The number of piperidine rings is 1. The molecule has 0 unspecified atom stereocenters. The number of ketones is 1. The van der Waals surface area contributed by atoms with Gasteiger partial charge in [-0.25, -0.2) is 21.6 Å². The van der Waals surface area contributed by atoms with Crippen LogP contribution in [0.4, 0.5) is 5.69 Å². The summed E-state index contributed by atoms with van der Waals surface area (Å²) in [7, 11) is -7.84. The van der Waals surface area contributed by atoms with Crippen LogP contribution in [0.2, 0.25) is 5.02 Å². The molecule has 0 aliphatic carbocycles. The van der Waals surface area contributed by atoms with Gasteiger partial charge in [0.2, 0.25) is 19.9 Å². The second-order valence-electron chi connectivity index (χ2n) is 9.27. The molecule has 5 rings (SSSR count). The summed E-state index contributed by atoms with van der Waals surface area (Å²) in [6.07, 6.45) is 2.49. The molecule has 40 heavy (non-hydrogen) atoms. The van der Waals surface area contributed by atoms with Crippen LogP contribution in [0.15, 0.2) is 75.4 Å². The van der Waals surface area contributed by atoms with Crippen LogP contribution in [0.1, 0.15) is 45.5 Å². The van der Waals surface area contributed by atoms with Crippen LogP contribution in [-0.2, 0) is 29.4 Å². The zero-order chi connectivity index (χ0) is 28.7. The van der Waals surface area contributed by atoms with Gasteiger partial charge in [-0.05, 0) is 61.4 Å². The lowest BCUT2D eigenvalue weighted by Gasteiger charge is -2.26. The van der Waals surface area contributed by atoms with Gasteiger partial charge in [-0.3, -0.25) is 9.59 Å². The number of nitrogens with one attached hydrogen (secondary N) is 1. The average molecular weight is 603 g/mol. The smallest absolute Gasteiger partial charge is 0.338 e. The predicted octanol–water partition coefficient (Wildman–Crippen LogP) is 3.69. The molecule has 3 aromatic rings. The Morgan fingerprint density at radius 1 is 0.925 bits per heavy atom.